The van der Waals surface area contributed by atoms with Gasteiger partial charge in [0, 0.05) is 6.04 Å². The van der Waals surface area contributed by atoms with Gasteiger partial charge in [0.15, 0.2) is 11.5 Å². The first kappa shape index (κ1) is 18.3. The number of aliphatic hydroxyl groups excluding tert-OH is 1. The van der Waals surface area contributed by atoms with Crippen molar-refractivity contribution in [1.82, 2.24) is 0 Å². The molecule has 2 aromatic carbocycles. The fourth-order valence-electron chi connectivity index (χ4n) is 2.81. The molecule has 0 bridgehead atoms. The molecule has 2 rings (SSSR count). The van der Waals surface area contributed by atoms with Gasteiger partial charge in [0.2, 0.25) is 0 Å². The molecule has 1 unspecified atom stereocenters. The Morgan fingerprint density at radius 3 is 2.21 bits per heavy atom. The van der Waals surface area contributed by atoms with Gasteiger partial charge in [0.05, 0.1) is 20.3 Å². The van der Waals surface area contributed by atoms with Crippen molar-refractivity contribution in [3.05, 3.63) is 59.2 Å². The van der Waals surface area contributed by atoms with Crippen molar-refractivity contribution in [2.75, 3.05) is 14.2 Å². The van der Waals surface area contributed by atoms with E-state index in [1.54, 1.807) is 14.2 Å². The normalized spacial score (nSPS) is 14.8. The average molecular weight is 329 g/mol. The largest absolute Gasteiger partial charge is 0.493 e. The molecule has 0 radical (unpaired) electrons. The molecule has 3 N–H and O–H groups in total. The third-order valence-corrected chi connectivity index (χ3v) is 4.45. The molecule has 0 heterocycles. The molecular weight excluding hydrogens is 302 g/mol. The maximum atomic E-state index is 10.5. The van der Waals surface area contributed by atoms with Crippen LogP contribution in [0.5, 0.6) is 11.5 Å². The highest BCUT2D eigenvalue weighted by Gasteiger charge is 2.23. The van der Waals surface area contributed by atoms with Crippen LogP contribution in [0.3, 0.4) is 0 Å². The van der Waals surface area contributed by atoms with Gasteiger partial charge < -0.3 is 20.3 Å². The zero-order chi connectivity index (χ0) is 17.7. The minimum absolute atomic E-state index is 0.111. The Bertz CT molecular complexity index is 654. The smallest absolute Gasteiger partial charge is 0.160 e. The van der Waals surface area contributed by atoms with Crippen LogP contribution < -0.4 is 15.2 Å². The van der Waals surface area contributed by atoms with E-state index in [9.17, 15) is 5.11 Å². The standard InChI is InChI=1S/C20H27NO3/c1-13-5-8-16(9-6-13)20(22)19(21)14(2)11-15-7-10-17(23-3)18(12-15)24-4/h5-10,12,14,19-20,22H,11,21H2,1-4H3/t14?,19-,20-/m1/s1. The summed E-state index contributed by atoms with van der Waals surface area (Å²) in [5.41, 5.74) is 9.42. The Labute approximate surface area is 144 Å². The summed E-state index contributed by atoms with van der Waals surface area (Å²) in [7, 11) is 3.24. The van der Waals surface area contributed by atoms with E-state index in [0.29, 0.717) is 11.5 Å². The van der Waals surface area contributed by atoms with Crippen molar-refractivity contribution >= 4 is 0 Å². The van der Waals surface area contributed by atoms with E-state index in [0.717, 1.165) is 23.1 Å². The quantitative estimate of drug-likeness (QED) is 0.818. The molecule has 2 aromatic rings. The second kappa shape index (κ2) is 8.18. The first-order chi connectivity index (χ1) is 11.5. The second-order valence-electron chi connectivity index (χ2n) is 6.30. The molecule has 24 heavy (non-hydrogen) atoms. The van der Waals surface area contributed by atoms with Crippen molar-refractivity contribution in [2.24, 2.45) is 11.7 Å². The van der Waals surface area contributed by atoms with Crippen LogP contribution in [0, 0.1) is 12.8 Å². The highest BCUT2D eigenvalue weighted by molar-refractivity contribution is 5.43. The molecule has 130 valence electrons. The summed E-state index contributed by atoms with van der Waals surface area (Å²) in [6.07, 6.45) is 0.0745. The summed E-state index contributed by atoms with van der Waals surface area (Å²) in [6.45, 7) is 4.08. The Hall–Kier alpha value is -2.04. The number of aryl methyl sites for hydroxylation is 1. The van der Waals surface area contributed by atoms with Gasteiger partial charge in [-0.1, -0.05) is 42.8 Å². The van der Waals surface area contributed by atoms with E-state index in [4.69, 9.17) is 15.2 Å². The van der Waals surface area contributed by atoms with Crippen molar-refractivity contribution in [3.63, 3.8) is 0 Å². The van der Waals surface area contributed by atoms with Gasteiger partial charge in [-0.3, -0.25) is 0 Å². The molecule has 4 heteroatoms. The van der Waals surface area contributed by atoms with Gasteiger partial charge in [-0.2, -0.15) is 0 Å². The molecule has 0 aliphatic heterocycles. The highest BCUT2D eigenvalue weighted by Crippen LogP contribution is 2.30. The zero-order valence-electron chi connectivity index (χ0n) is 14.8. The Morgan fingerprint density at radius 2 is 1.62 bits per heavy atom. The number of hydrogen-bond acceptors (Lipinski definition) is 4. The van der Waals surface area contributed by atoms with E-state index in [1.807, 2.05) is 49.4 Å². The number of aliphatic hydroxyl groups is 1. The first-order valence-corrected chi connectivity index (χ1v) is 8.17. The number of ether oxygens (including phenoxy) is 2. The third kappa shape index (κ3) is 4.28. The van der Waals surface area contributed by atoms with Gasteiger partial charge in [-0.15, -0.1) is 0 Å². The van der Waals surface area contributed by atoms with Crippen LogP contribution in [0.4, 0.5) is 0 Å². The molecule has 0 fully saturated rings. The molecule has 0 saturated heterocycles. The van der Waals surface area contributed by atoms with Gasteiger partial charge in [0.1, 0.15) is 0 Å². The lowest BCUT2D eigenvalue weighted by Gasteiger charge is -2.25. The van der Waals surface area contributed by atoms with Crippen LogP contribution in [0.1, 0.15) is 29.7 Å². The topological polar surface area (TPSA) is 64.7 Å². The number of rotatable bonds is 7. The maximum Gasteiger partial charge on any atom is 0.160 e. The predicted molar refractivity (Wildman–Crippen MR) is 96.5 cm³/mol. The third-order valence-electron chi connectivity index (χ3n) is 4.45. The van der Waals surface area contributed by atoms with Gasteiger partial charge in [-0.05, 0) is 42.5 Å². The van der Waals surface area contributed by atoms with Crippen LogP contribution in [-0.4, -0.2) is 25.4 Å². The molecular formula is C20H27NO3. The van der Waals surface area contributed by atoms with Crippen LogP contribution in [-0.2, 0) is 6.42 Å². The maximum absolute atomic E-state index is 10.5. The molecule has 0 aliphatic carbocycles. The number of hydrogen-bond donors (Lipinski definition) is 2. The lowest BCUT2D eigenvalue weighted by Crippen LogP contribution is -2.36. The van der Waals surface area contributed by atoms with E-state index >= 15 is 0 Å². The summed E-state index contributed by atoms with van der Waals surface area (Å²) in [5, 5.41) is 10.5. The average Bonchev–Trinajstić information content (AvgIpc) is 2.60. The Balaban J connectivity index is 2.08. The minimum atomic E-state index is -0.680. The van der Waals surface area contributed by atoms with Gasteiger partial charge in [-0.25, -0.2) is 0 Å². The summed E-state index contributed by atoms with van der Waals surface area (Å²) in [5.74, 6) is 1.52. The molecule has 0 spiro atoms. The second-order valence-corrected chi connectivity index (χ2v) is 6.30. The molecule has 0 aromatic heterocycles. The Morgan fingerprint density at radius 1 is 1.00 bits per heavy atom. The lowest BCUT2D eigenvalue weighted by atomic mass is 9.88. The van der Waals surface area contributed by atoms with E-state index < -0.39 is 6.10 Å². The first-order valence-electron chi connectivity index (χ1n) is 8.17. The SMILES string of the molecule is COc1ccc(CC(C)[C@@H](N)[C@H](O)c2ccc(C)cc2)cc1OC. The van der Waals surface area contributed by atoms with Gasteiger partial charge >= 0.3 is 0 Å². The summed E-state index contributed by atoms with van der Waals surface area (Å²) >= 11 is 0. The van der Waals surface area contributed by atoms with Crippen LogP contribution >= 0.6 is 0 Å². The van der Waals surface area contributed by atoms with E-state index in [-0.39, 0.29) is 12.0 Å². The number of methoxy groups -OCH3 is 2. The van der Waals surface area contributed by atoms with Crippen molar-refractivity contribution in [1.29, 1.82) is 0 Å². The predicted octanol–water partition coefficient (Wildman–Crippen LogP) is 3.25. The summed E-state index contributed by atoms with van der Waals surface area (Å²) in [4.78, 5) is 0. The fraction of sp³-hybridized carbons (Fsp3) is 0.400. The van der Waals surface area contributed by atoms with Crippen LogP contribution in [0.2, 0.25) is 0 Å². The zero-order valence-corrected chi connectivity index (χ0v) is 14.8. The molecule has 0 aliphatic rings. The summed E-state index contributed by atoms with van der Waals surface area (Å²) < 4.78 is 10.6. The van der Waals surface area contributed by atoms with Crippen LogP contribution in [0.15, 0.2) is 42.5 Å². The van der Waals surface area contributed by atoms with E-state index in [1.165, 1.54) is 0 Å². The molecule has 0 amide bonds. The minimum Gasteiger partial charge on any atom is -0.493 e. The Kier molecular flexibility index (Phi) is 6.23. The summed E-state index contributed by atoms with van der Waals surface area (Å²) in [6, 6.07) is 13.4. The van der Waals surface area contributed by atoms with Crippen molar-refractivity contribution in [3.8, 4) is 11.5 Å². The fourth-order valence-corrected chi connectivity index (χ4v) is 2.81. The lowest BCUT2D eigenvalue weighted by molar-refractivity contribution is 0.121. The van der Waals surface area contributed by atoms with Crippen molar-refractivity contribution < 1.29 is 14.6 Å². The van der Waals surface area contributed by atoms with E-state index in [2.05, 4.69) is 6.92 Å². The van der Waals surface area contributed by atoms with Crippen LogP contribution in [0.25, 0.3) is 0 Å². The highest BCUT2D eigenvalue weighted by atomic mass is 16.5. The number of benzene rings is 2. The number of nitrogens with two attached hydrogens (primary N) is 1. The monoisotopic (exact) mass is 329 g/mol. The molecule has 4 nitrogen and oxygen atoms in total. The van der Waals surface area contributed by atoms with Gasteiger partial charge in [0.25, 0.3) is 0 Å². The molecule has 3 atom stereocenters. The van der Waals surface area contributed by atoms with Crippen molar-refractivity contribution in [2.45, 2.75) is 32.4 Å². The molecule has 0 saturated carbocycles.